The van der Waals surface area contributed by atoms with Crippen molar-refractivity contribution in [2.75, 3.05) is 25.4 Å². The first-order chi connectivity index (χ1) is 8.71. The number of benzene rings is 1. The molecule has 6 heteroatoms. The van der Waals surface area contributed by atoms with E-state index >= 15 is 0 Å². The average Bonchev–Trinajstić information content (AvgIpc) is 2.41. The second kappa shape index (κ2) is 10.5. The van der Waals surface area contributed by atoms with Crippen LogP contribution in [-0.2, 0) is 0 Å². The molecule has 0 heterocycles. The van der Waals surface area contributed by atoms with Crippen molar-refractivity contribution in [1.82, 2.24) is 4.90 Å². The van der Waals surface area contributed by atoms with Crippen molar-refractivity contribution in [3.8, 4) is 0 Å². The Morgan fingerprint density at radius 3 is 2.32 bits per heavy atom. The summed E-state index contributed by atoms with van der Waals surface area (Å²) in [6.07, 6.45) is 0. The molecule has 1 rings (SSSR count). The molecule has 0 unspecified atom stereocenters. The molecule has 0 saturated carbocycles. The van der Waals surface area contributed by atoms with Crippen LogP contribution in [0, 0.1) is 0 Å². The molecule has 1 aromatic rings. The van der Waals surface area contributed by atoms with Crippen LogP contribution in [0.1, 0.15) is 19.4 Å². The summed E-state index contributed by atoms with van der Waals surface area (Å²) in [5, 5.41) is 13.1. The van der Waals surface area contributed by atoms with Gasteiger partial charge in [0.15, 0.2) is 0 Å². The Bertz CT molecular complexity index is 383. The third-order valence-electron chi connectivity index (χ3n) is 2.72. The highest BCUT2D eigenvalue weighted by atomic mass is 79.9. The zero-order chi connectivity index (χ0) is 13.4. The lowest BCUT2D eigenvalue weighted by molar-refractivity contribution is -0.00000447. The van der Waals surface area contributed by atoms with Gasteiger partial charge in [0.05, 0.1) is 0 Å². The summed E-state index contributed by atoms with van der Waals surface area (Å²) in [6, 6.07) is 7.80. The van der Waals surface area contributed by atoms with Gasteiger partial charge in [-0.05, 0) is 25.2 Å². The van der Waals surface area contributed by atoms with Gasteiger partial charge in [0.2, 0.25) is 0 Å². The number of halogens is 2. The van der Waals surface area contributed by atoms with Crippen molar-refractivity contribution < 1.29 is 17.6 Å². The molecule has 108 valence electrons. The van der Waals surface area contributed by atoms with E-state index < -0.39 is 0 Å². The molecule has 0 atom stereocenters. The van der Waals surface area contributed by atoms with Gasteiger partial charge in [-0.25, -0.2) is 0 Å². The van der Waals surface area contributed by atoms with Crippen molar-refractivity contribution in [2.24, 2.45) is 5.16 Å². The lowest BCUT2D eigenvalue weighted by Gasteiger charge is -2.17. The molecule has 0 bridgehead atoms. The molecule has 0 aliphatic heterocycles. The highest BCUT2D eigenvalue weighted by molar-refractivity contribution is 9.10. The predicted molar refractivity (Wildman–Crippen MR) is 82.7 cm³/mol. The Morgan fingerprint density at radius 1 is 1.26 bits per heavy atom. The Labute approximate surface area is 134 Å². The standard InChI is InChI=1S/C13H19BrN2OS.ClH/c1-3-16(4-2)9-10-18-13(15-17)11-5-7-12(14)8-6-11;/h5-8,17H,3-4,9-10H2,1-2H3;1H/p-1/b15-13+;. The van der Waals surface area contributed by atoms with Gasteiger partial charge in [0, 0.05) is 22.3 Å². The minimum absolute atomic E-state index is 0. The normalized spacial score (nSPS) is 11.5. The van der Waals surface area contributed by atoms with Crippen molar-refractivity contribution in [3.63, 3.8) is 0 Å². The quantitative estimate of drug-likeness (QED) is 0.348. The summed E-state index contributed by atoms with van der Waals surface area (Å²) in [4.78, 5) is 2.35. The molecule has 1 N–H and O–H groups in total. The van der Waals surface area contributed by atoms with Crippen LogP contribution in [0.15, 0.2) is 33.9 Å². The molecular formula is C13H19BrClN2OS-. The zero-order valence-corrected chi connectivity index (χ0v) is 14.3. The molecule has 0 saturated heterocycles. The highest BCUT2D eigenvalue weighted by Gasteiger charge is 2.06. The van der Waals surface area contributed by atoms with E-state index in [1.54, 1.807) is 11.8 Å². The first-order valence-corrected chi connectivity index (χ1v) is 7.82. The predicted octanol–water partition coefficient (Wildman–Crippen LogP) is 0.664. The summed E-state index contributed by atoms with van der Waals surface area (Å²) in [7, 11) is 0. The van der Waals surface area contributed by atoms with Crippen LogP contribution < -0.4 is 12.4 Å². The molecule has 0 fully saturated rings. The molecule has 0 aliphatic carbocycles. The molecule has 0 spiro atoms. The molecule has 1 aromatic carbocycles. The Hall–Kier alpha value is -0.230. The van der Waals surface area contributed by atoms with E-state index in [0.29, 0.717) is 5.04 Å². The Balaban J connectivity index is 0.00000324. The van der Waals surface area contributed by atoms with Gasteiger partial charge in [-0.2, -0.15) is 0 Å². The molecule has 0 aliphatic rings. The molecule has 3 nitrogen and oxygen atoms in total. The van der Waals surface area contributed by atoms with Gasteiger partial charge >= 0.3 is 0 Å². The van der Waals surface area contributed by atoms with E-state index in [1.807, 2.05) is 24.3 Å². The summed E-state index contributed by atoms with van der Waals surface area (Å²) in [5.41, 5.74) is 0.949. The zero-order valence-electron chi connectivity index (χ0n) is 11.1. The Morgan fingerprint density at radius 2 is 1.84 bits per heavy atom. The SMILES string of the molecule is CCN(CC)CCS/C(=N/O)c1ccc(Br)cc1.[Cl-]. The fourth-order valence-corrected chi connectivity index (χ4v) is 2.74. The maximum atomic E-state index is 9.07. The van der Waals surface area contributed by atoms with Gasteiger partial charge in [0.1, 0.15) is 5.04 Å². The van der Waals surface area contributed by atoms with Crippen LogP contribution >= 0.6 is 27.7 Å². The average molecular weight is 367 g/mol. The number of hydrogen-bond donors (Lipinski definition) is 1. The van der Waals surface area contributed by atoms with Crippen molar-refractivity contribution >= 4 is 32.7 Å². The molecule has 19 heavy (non-hydrogen) atoms. The van der Waals surface area contributed by atoms with Crippen LogP contribution in [0.4, 0.5) is 0 Å². The van der Waals surface area contributed by atoms with Gasteiger partial charge < -0.3 is 22.5 Å². The van der Waals surface area contributed by atoms with E-state index in [4.69, 9.17) is 5.21 Å². The minimum atomic E-state index is 0. The smallest absolute Gasteiger partial charge is 0.143 e. The maximum absolute atomic E-state index is 9.07. The number of hydrogen-bond acceptors (Lipinski definition) is 4. The lowest BCUT2D eigenvalue weighted by Crippen LogP contribution is -3.00. The highest BCUT2D eigenvalue weighted by Crippen LogP contribution is 2.17. The topological polar surface area (TPSA) is 35.8 Å². The van der Waals surface area contributed by atoms with Crippen molar-refractivity contribution in [1.29, 1.82) is 0 Å². The molecule has 0 amide bonds. The van der Waals surface area contributed by atoms with Gasteiger partial charge in [-0.1, -0.05) is 47.1 Å². The summed E-state index contributed by atoms with van der Waals surface area (Å²) in [5.74, 6) is 0.928. The summed E-state index contributed by atoms with van der Waals surface area (Å²) < 4.78 is 1.02. The Kier molecular flexibility index (Phi) is 10.4. The molecule has 0 radical (unpaired) electrons. The number of thioether (sulfide) groups is 1. The monoisotopic (exact) mass is 365 g/mol. The van der Waals surface area contributed by atoms with Gasteiger partial charge in [-0.15, -0.1) is 11.8 Å². The first kappa shape index (κ1) is 18.8. The fourth-order valence-electron chi connectivity index (χ4n) is 1.57. The van der Waals surface area contributed by atoms with Gasteiger partial charge in [0.25, 0.3) is 0 Å². The van der Waals surface area contributed by atoms with Crippen LogP contribution in [-0.4, -0.2) is 40.5 Å². The third kappa shape index (κ3) is 6.65. The summed E-state index contributed by atoms with van der Waals surface area (Å²) >= 11 is 4.97. The third-order valence-corrected chi connectivity index (χ3v) is 4.23. The number of nitrogens with zero attached hydrogens (tertiary/aromatic N) is 2. The maximum Gasteiger partial charge on any atom is 0.143 e. The molecular weight excluding hydrogens is 348 g/mol. The fraction of sp³-hybridized carbons (Fsp3) is 0.462. The largest absolute Gasteiger partial charge is 1.00 e. The van der Waals surface area contributed by atoms with Gasteiger partial charge in [-0.3, -0.25) is 0 Å². The number of oxime groups is 1. The second-order valence-electron chi connectivity index (χ2n) is 3.79. The van der Waals surface area contributed by atoms with Crippen LogP contribution in [0.2, 0.25) is 0 Å². The van der Waals surface area contributed by atoms with Crippen LogP contribution in [0.3, 0.4) is 0 Å². The van der Waals surface area contributed by atoms with E-state index in [1.165, 1.54) is 0 Å². The van der Waals surface area contributed by atoms with E-state index in [0.717, 1.165) is 35.4 Å². The lowest BCUT2D eigenvalue weighted by atomic mass is 10.2. The van der Waals surface area contributed by atoms with E-state index in [-0.39, 0.29) is 12.4 Å². The second-order valence-corrected chi connectivity index (χ2v) is 5.79. The van der Waals surface area contributed by atoms with Crippen molar-refractivity contribution in [2.45, 2.75) is 13.8 Å². The van der Waals surface area contributed by atoms with Crippen molar-refractivity contribution in [3.05, 3.63) is 34.3 Å². The number of rotatable bonds is 6. The van der Waals surface area contributed by atoms with Crippen LogP contribution in [0.25, 0.3) is 0 Å². The first-order valence-electron chi connectivity index (χ1n) is 6.04. The summed E-state index contributed by atoms with van der Waals surface area (Å²) in [6.45, 7) is 7.43. The molecule has 0 aromatic heterocycles. The van der Waals surface area contributed by atoms with E-state index in [2.05, 4.69) is 39.8 Å². The minimum Gasteiger partial charge on any atom is -1.00 e. The van der Waals surface area contributed by atoms with Crippen LogP contribution in [0.5, 0.6) is 0 Å². The van der Waals surface area contributed by atoms with E-state index in [9.17, 15) is 0 Å².